The normalized spacial score (nSPS) is 11.6. The highest BCUT2D eigenvalue weighted by Gasteiger charge is 2.10. The van der Waals surface area contributed by atoms with E-state index < -0.39 is 9.84 Å². The predicted molar refractivity (Wildman–Crippen MR) is 79.8 cm³/mol. The summed E-state index contributed by atoms with van der Waals surface area (Å²) in [5.41, 5.74) is 6.59. The molecule has 0 saturated carbocycles. The van der Waals surface area contributed by atoms with Crippen LogP contribution in [0.5, 0.6) is 5.75 Å². The minimum Gasteiger partial charge on any atom is -0.490 e. The van der Waals surface area contributed by atoms with Gasteiger partial charge in [-0.05, 0) is 62.5 Å². The van der Waals surface area contributed by atoms with Crippen LogP contribution in [0.2, 0.25) is 0 Å². The van der Waals surface area contributed by atoms with Crippen LogP contribution < -0.4 is 10.5 Å². The van der Waals surface area contributed by atoms with Gasteiger partial charge in [0.15, 0.2) is 9.84 Å². The molecule has 2 N–H and O–H groups in total. The number of nitrogens with two attached hydrogens (primary N) is 1. The fraction of sp³-hybridized carbons (Fsp3) is 0.455. The molecule has 1 aromatic rings. The molecule has 4 nitrogen and oxygen atoms in total. The van der Waals surface area contributed by atoms with E-state index in [1.54, 1.807) is 0 Å². The molecule has 0 saturated heterocycles. The summed E-state index contributed by atoms with van der Waals surface area (Å²) >= 11 is 6.81. The Morgan fingerprint density at radius 1 is 1.28 bits per heavy atom. The van der Waals surface area contributed by atoms with Gasteiger partial charge in [-0.3, -0.25) is 0 Å². The molecule has 0 aromatic heterocycles. The van der Waals surface area contributed by atoms with Gasteiger partial charge in [0.1, 0.15) is 12.4 Å². The summed E-state index contributed by atoms with van der Waals surface area (Å²) in [5.74, 6) is 0.607. The van der Waals surface area contributed by atoms with Gasteiger partial charge in [-0.25, -0.2) is 8.42 Å². The molecule has 0 radical (unpaired) electrons. The summed E-state index contributed by atoms with van der Waals surface area (Å²) < 4.78 is 29.1. The van der Waals surface area contributed by atoms with Crippen LogP contribution in [0.15, 0.2) is 21.1 Å². The summed E-state index contributed by atoms with van der Waals surface area (Å²) in [7, 11) is -3.01. The van der Waals surface area contributed by atoms with Gasteiger partial charge in [0.2, 0.25) is 0 Å². The molecule has 7 heteroatoms. The topological polar surface area (TPSA) is 69.4 Å². The van der Waals surface area contributed by atoms with Gasteiger partial charge >= 0.3 is 0 Å². The summed E-state index contributed by atoms with van der Waals surface area (Å²) in [6, 6.07) is 3.85. The van der Waals surface area contributed by atoms with E-state index in [2.05, 4.69) is 31.9 Å². The van der Waals surface area contributed by atoms with E-state index in [0.29, 0.717) is 12.3 Å². The molecular weight excluding hydrogens is 386 g/mol. The number of hydrogen-bond donors (Lipinski definition) is 1. The van der Waals surface area contributed by atoms with Crippen molar-refractivity contribution in [2.45, 2.75) is 6.42 Å². The number of rotatable bonds is 6. The van der Waals surface area contributed by atoms with E-state index in [9.17, 15) is 8.42 Å². The van der Waals surface area contributed by atoms with Crippen LogP contribution in [-0.2, 0) is 16.3 Å². The highest BCUT2D eigenvalue weighted by atomic mass is 79.9. The SMILES string of the molecule is CS(=O)(=O)CCOc1c(Br)cc(CCN)cc1Br. The zero-order chi connectivity index (χ0) is 13.8. The zero-order valence-electron chi connectivity index (χ0n) is 9.95. The highest BCUT2D eigenvalue weighted by Crippen LogP contribution is 2.34. The summed E-state index contributed by atoms with van der Waals surface area (Å²) in [4.78, 5) is 0. The van der Waals surface area contributed by atoms with Crippen molar-refractivity contribution in [1.82, 2.24) is 0 Å². The molecular formula is C11H15Br2NO3S. The van der Waals surface area contributed by atoms with Crippen molar-refractivity contribution in [2.24, 2.45) is 5.73 Å². The van der Waals surface area contributed by atoms with Crippen LogP contribution >= 0.6 is 31.9 Å². The third-order valence-electron chi connectivity index (χ3n) is 2.19. The lowest BCUT2D eigenvalue weighted by molar-refractivity contribution is 0.336. The van der Waals surface area contributed by atoms with E-state index in [1.807, 2.05) is 12.1 Å². The first-order chi connectivity index (χ1) is 8.33. The Kier molecular flexibility index (Phi) is 6.10. The third-order valence-corrected chi connectivity index (χ3v) is 4.28. The lowest BCUT2D eigenvalue weighted by atomic mass is 10.1. The maximum atomic E-state index is 11.0. The van der Waals surface area contributed by atoms with Crippen molar-refractivity contribution >= 4 is 41.7 Å². The first-order valence-electron chi connectivity index (χ1n) is 5.32. The standard InChI is InChI=1S/C11H15Br2NO3S/c1-18(15,16)5-4-17-11-9(12)6-8(2-3-14)7-10(11)13/h6-7H,2-5,14H2,1H3. The lowest BCUT2D eigenvalue weighted by Gasteiger charge is -2.11. The second kappa shape index (κ2) is 6.88. The lowest BCUT2D eigenvalue weighted by Crippen LogP contribution is -2.12. The van der Waals surface area contributed by atoms with Gasteiger partial charge in [0.05, 0.1) is 14.7 Å². The van der Waals surface area contributed by atoms with Gasteiger partial charge in [-0.15, -0.1) is 0 Å². The van der Waals surface area contributed by atoms with E-state index in [1.165, 1.54) is 6.26 Å². The number of sulfone groups is 1. The maximum Gasteiger partial charge on any atom is 0.150 e. The molecule has 0 aliphatic heterocycles. The van der Waals surface area contributed by atoms with Crippen LogP contribution in [0.4, 0.5) is 0 Å². The number of benzene rings is 1. The molecule has 18 heavy (non-hydrogen) atoms. The van der Waals surface area contributed by atoms with Crippen LogP contribution in [0.1, 0.15) is 5.56 Å². The molecule has 0 spiro atoms. The third kappa shape index (κ3) is 5.26. The number of ether oxygens (including phenoxy) is 1. The largest absolute Gasteiger partial charge is 0.490 e. The summed E-state index contributed by atoms with van der Waals surface area (Å²) in [5, 5.41) is 0. The molecule has 0 atom stereocenters. The summed E-state index contributed by atoms with van der Waals surface area (Å²) in [6.07, 6.45) is 1.96. The second-order valence-corrected chi connectivity index (χ2v) is 7.87. The molecule has 0 unspecified atom stereocenters. The molecule has 0 amide bonds. The Hall–Kier alpha value is -0.110. The summed E-state index contributed by atoms with van der Waals surface area (Å²) in [6.45, 7) is 0.708. The number of hydrogen-bond acceptors (Lipinski definition) is 4. The van der Waals surface area contributed by atoms with Crippen LogP contribution in [0, 0.1) is 0 Å². The highest BCUT2D eigenvalue weighted by molar-refractivity contribution is 9.11. The average molecular weight is 401 g/mol. The fourth-order valence-electron chi connectivity index (χ4n) is 1.36. The zero-order valence-corrected chi connectivity index (χ0v) is 13.9. The Morgan fingerprint density at radius 2 is 1.83 bits per heavy atom. The van der Waals surface area contributed by atoms with Crippen LogP contribution in [0.25, 0.3) is 0 Å². The van der Waals surface area contributed by atoms with Gasteiger partial charge < -0.3 is 10.5 Å². The molecule has 0 aliphatic rings. The molecule has 102 valence electrons. The Morgan fingerprint density at radius 3 is 2.28 bits per heavy atom. The maximum absolute atomic E-state index is 11.0. The van der Waals surface area contributed by atoms with Crippen molar-refractivity contribution in [3.8, 4) is 5.75 Å². The van der Waals surface area contributed by atoms with Crippen molar-refractivity contribution in [3.05, 3.63) is 26.6 Å². The van der Waals surface area contributed by atoms with E-state index in [-0.39, 0.29) is 12.4 Å². The Balaban J connectivity index is 2.77. The predicted octanol–water partition coefficient (Wildman–Crippen LogP) is 2.14. The van der Waals surface area contributed by atoms with E-state index in [4.69, 9.17) is 10.5 Å². The molecule has 0 heterocycles. The van der Waals surface area contributed by atoms with Crippen LogP contribution in [0.3, 0.4) is 0 Å². The van der Waals surface area contributed by atoms with Gasteiger partial charge in [0, 0.05) is 6.26 Å². The minimum atomic E-state index is -3.01. The van der Waals surface area contributed by atoms with Gasteiger partial charge in [0.25, 0.3) is 0 Å². The fourth-order valence-corrected chi connectivity index (χ4v) is 3.25. The van der Waals surface area contributed by atoms with Crippen LogP contribution in [-0.4, -0.2) is 33.6 Å². The Labute approximate surface area is 124 Å². The number of halogens is 2. The average Bonchev–Trinajstić information content (AvgIpc) is 2.21. The first-order valence-corrected chi connectivity index (χ1v) is 8.96. The monoisotopic (exact) mass is 399 g/mol. The van der Waals surface area contributed by atoms with E-state index in [0.717, 1.165) is 20.9 Å². The minimum absolute atomic E-state index is 0.00354. The van der Waals surface area contributed by atoms with Gasteiger partial charge in [-0.1, -0.05) is 0 Å². The second-order valence-electron chi connectivity index (χ2n) is 3.91. The van der Waals surface area contributed by atoms with Crippen molar-refractivity contribution in [3.63, 3.8) is 0 Å². The molecule has 1 aromatic carbocycles. The van der Waals surface area contributed by atoms with Gasteiger partial charge in [-0.2, -0.15) is 0 Å². The van der Waals surface area contributed by atoms with Crippen molar-refractivity contribution < 1.29 is 13.2 Å². The first kappa shape index (κ1) is 15.9. The molecule has 0 fully saturated rings. The molecule has 1 rings (SSSR count). The Bertz CT molecular complexity index is 494. The van der Waals surface area contributed by atoms with Crippen molar-refractivity contribution in [2.75, 3.05) is 25.2 Å². The van der Waals surface area contributed by atoms with Crippen molar-refractivity contribution in [1.29, 1.82) is 0 Å². The molecule has 0 aliphatic carbocycles. The molecule has 0 bridgehead atoms. The van der Waals surface area contributed by atoms with E-state index >= 15 is 0 Å². The smallest absolute Gasteiger partial charge is 0.150 e. The quantitative estimate of drug-likeness (QED) is 0.794.